The Kier molecular flexibility index (Phi) is 6.15. The van der Waals surface area contributed by atoms with Crippen LogP contribution in [0.15, 0.2) is 29.3 Å². The zero-order valence-electron chi connectivity index (χ0n) is 10.9. The van der Waals surface area contributed by atoms with Gasteiger partial charge in [-0.2, -0.15) is 0 Å². The van der Waals surface area contributed by atoms with Crippen LogP contribution in [0.5, 0.6) is 0 Å². The van der Waals surface area contributed by atoms with Crippen molar-refractivity contribution in [3.8, 4) is 0 Å². The lowest BCUT2D eigenvalue weighted by Gasteiger charge is -2.06. The third-order valence-electron chi connectivity index (χ3n) is 2.55. The Bertz CT molecular complexity index is 341. The molecule has 0 aliphatic rings. The van der Waals surface area contributed by atoms with Gasteiger partial charge >= 0.3 is 0 Å². The first-order chi connectivity index (χ1) is 8.26. The van der Waals surface area contributed by atoms with Crippen molar-refractivity contribution < 1.29 is 0 Å². The summed E-state index contributed by atoms with van der Waals surface area (Å²) in [7, 11) is 0. The lowest BCUT2D eigenvalue weighted by molar-refractivity contribution is 0.795. The van der Waals surface area contributed by atoms with Gasteiger partial charge < -0.3 is 11.1 Å². The van der Waals surface area contributed by atoms with E-state index >= 15 is 0 Å². The van der Waals surface area contributed by atoms with Crippen molar-refractivity contribution in [3.05, 3.63) is 29.8 Å². The highest BCUT2D eigenvalue weighted by molar-refractivity contribution is 5.92. The summed E-state index contributed by atoms with van der Waals surface area (Å²) in [5, 5.41) is 3.09. The molecule has 0 bridgehead atoms. The summed E-state index contributed by atoms with van der Waals surface area (Å²) < 4.78 is 0. The standard InChI is InChI=1S/C14H23N3/c1-3-5-6-12-7-9-13(10-8-12)17-14(15)16-11-4-2/h7-10H,3-6,11H2,1-2H3,(H3,15,16,17). The molecular formula is C14H23N3. The predicted octanol–water partition coefficient (Wildman–Crippen LogP) is 3.17. The van der Waals surface area contributed by atoms with Gasteiger partial charge in [-0.3, -0.25) is 4.99 Å². The molecule has 0 aliphatic carbocycles. The number of nitrogens with one attached hydrogen (secondary N) is 1. The van der Waals surface area contributed by atoms with Crippen molar-refractivity contribution in [1.82, 2.24) is 0 Å². The van der Waals surface area contributed by atoms with E-state index in [9.17, 15) is 0 Å². The van der Waals surface area contributed by atoms with Crippen LogP contribution in [0.4, 0.5) is 5.69 Å². The van der Waals surface area contributed by atoms with Gasteiger partial charge in [0.25, 0.3) is 0 Å². The van der Waals surface area contributed by atoms with Crippen LogP contribution in [0.1, 0.15) is 38.7 Å². The van der Waals surface area contributed by atoms with E-state index < -0.39 is 0 Å². The maximum Gasteiger partial charge on any atom is 0.193 e. The largest absolute Gasteiger partial charge is 0.370 e. The number of benzene rings is 1. The second-order valence-corrected chi connectivity index (χ2v) is 4.19. The number of hydrogen-bond acceptors (Lipinski definition) is 1. The average Bonchev–Trinajstić information content (AvgIpc) is 2.35. The van der Waals surface area contributed by atoms with E-state index in [0.717, 1.165) is 25.1 Å². The number of guanidine groups is 1. The average molecular weight is 233 g/mol. The minimum Gasteiger partial charge on any atom is -0.370 e. The molecule has 1 aromatic rings. The molecule has 94 valence electrons. The van der Waals surface area contributed by atoms with Gasteiger partial charge in [0.2, 0.25) is 0 Å². The van der Waals surface area contributed by atoms with Crippen LogP contribution < -0.4 is 11.1 Å². The summed E-state index contributed by atoms with van der Waals surface area (Å²) in [6.07, 6.45) is 4.64. The summed E-state index contributed by atoms with van der Waals surface area (Å²) >= 11 is 0. The number of unbranched alkanes of at least 4 members (excludes halogenated alkanes) is 1. The van der Waals surface area contributed by atoms with Crippen LogP contribution in [0.25, 0.3) is 0 Å². The summed E-state index contributed by atoms with van der Waals surface area (Å²) in [6, 6.07) is 8.40. The van der Waals surface area contributed by atoms with Gasteiger partial charge in [-0.15, -0.1) is 0 Å². The third-order valence-corrected chi connectivity index (χ3v) is 2.55. The number of hydrogen-bond donors (Lipinski definition) is 2. The van der Waals surface area contributed by atoms with Crippen molar-refractivity contribution >= 4 is 11.6 Å². The fourth-order valence-electron chi connectivity index (χ4n) is 1.56. The van der Waals surface area contributed by atoms with Gasteiger partial charge in [0.05, 0.1) is 0 Å². The molecule has 0 unspecified atom stereocenters. The molecule has 0 spiro atoms. The number of anilines is 1. The molecule has 3 heteroatoms. The number of rotatable bonds is 6. The van der Waals surface area contributed by atoms with Crippen molar-refractivity contribution in [1.29, 1.82) is 0 Å². The van der Waals surface area contributed by atoms with E-state index in [1.165, 1.54) is 18.4 Å². The highest BCUT2D eigenvalue weighted by Crippen LogP contribution is 2.11. The summed E-state index contributed by atoms with van der Waals surface area (Å²) in [5.41, 5.74) is 8.13. The van der Waals surface area contributed by atoms with E-state index in [1.54, 1.807) is 0 Å². The van der Waals surface area contributed by atoms with E-state index in [-0.39, 0.29) is 0 Å². The van der Waals surface area contributed by atoms with Crippen molar-refractivity contribution in [3.63, 3.8) is 0 Å². The molecule has 0 aliphatic heterocycles. The van der Waals surface area contributed by atoms with Crippen LogP contribution in [-0.2, 0) is 6.42 Å². The monoisotopic (exact) mass is 233 g/mol. The van der Waals surface area contributed by atoms with Gasteiger partial charge in [-0.1, -0.05) is 32.4 Å². The van der Waals surface area contributed by atoms with E-state index in [0.29, 0.717) is 5.96 Å². The Morgan fingerprint density at radius 3 is 2.47 bits per heavy atom. The molecular weight excluding hydrogens is 210 g/mol. The van der Waals surface area contributed by atoms with Crippen LogP contribution in [0.2, 0.25) is 0 Å². The summed E-state index contributed by atoms with van der Waals surface area (Å²) in [6.45, 7) is 5.06. The number of aryl methyl sites for hydroxylation is 1. The number of nitrogens with zero attached hydrogens (tertiary/aromatic N) is 1. The number of aliphatic imine (C=N–C) groups is 1. The van der Waals surface area contributed by atoms with Gasteiger partial charge in [0, 0.05) is 12.2 Å². The molecule has 0 aromatic heterocycles. The normalized spacial score (nSPS) is 11.5. The highest BCUT2D eigenvalue weighted by atomic mass is 15.1. The molecule has 0 radical (unpaired) electrons. The zero-order valence-corrected chi connectivity index (χ0v) is 10.9. The second kappa shape index (κ2) is 7.71. The molecule has 1 rings (SSSR count). The van der Waals surface area contributed by atoms with Crippen molar-refractivity contribution in [2.75, 3.05) is 11.9 Å². The van der Waals surface area contributed by atoms with E-state index in [1.807, 2.05) is 0 Å². The molecule has 0 fully saturated rings. The zero-order chi connectivity index (χ0) is 12.5. The van der Waals surface area contributed by atoms with Gasteiger partial charge in [-0.05, 0) is 37.0 Å². The van der Waals surface area contributed by atoms with Gasteiger partial charge in [0.1, 0.15) is 0 Å². The smallest absolute Gasteiger partial charge is 0.193 e. The van der Waals surface area contributed by atoms with Crippen LogP contribution >= 0.6 is 0 Å². The molecule has 17 heavy (non-hydrogen) atoms. The molecule has 0 saturated heterocycles. The molecule has 3 nitrogen and oxygen atoms in total. The second-order valence-electron chi connectivity index (χ2n) is 4.19. The topological polar surface area (TPSA) is 50.4 Å². The van der Waals surface area contributed by atoms with Crippen molar-refractivity contribution in [2.45, 2.75) is 39.5 Å². The molecule has 0 atom stereocenters. The SMILES string of the molecule is CCCCc1ccc(NC(N)=NCCC)cc1. The first kappa shape index (κ1) is 13.6. The third kappa shape index (κ3) is 5.38. The van der Waals surface area contributed by atoms with E-state index in [4.69, 9.17) is 5.73 Å². The lowest BCUT2D eigenvalue weighted by atomic mass is 10.1. The highest BCUT2D eigenvalue weighted by Gasteiger charge is 1.96. The molecule has 1 aromatic carbocycles. The Morgan fingerprint density at radius 1 is 1.18 bits per heavy atom. The first-order valence-corrected chi connectivity index (χ1v) is 6.42. The summed E-state index contributed by atoms with van der Waals surface area (Å²) in [5.74, 6) is 0.494. The molecule has 3 N–H and O–H groups in total. The molecule has 0 heterocycles. The van der Waals surface area contributed by atoms with Gasteiger partial charge in [0.15, 0.2) is 5.96 Å². The van der Waals surface area contributed by atoms with Gasteiger partial charge in [-0.25, -0.2) is 0 Å². The Balaban J connectivity index is 2.50. The summed E-state index contributed by atoms with van der Waals surface area (Å²) in [4.78, 5) is 4.19. The van der Waals surface area contributed by atoms with Crippen LogP contribution in [0.3, 0.4) is 0 Å². The lowest BCUT2D eigenvalue weighted by Crippen LogP contribution is -2.22. The quantitative estimate of drug-likeness (QED) is 0.585. The predicted molar refractivity (Wildman–Crippen MR) is 75.5 cm³/mol. The first-order valence-electron chi connectivity index (χ1n) is 6.42. The van der Waals surface area contributed by atoms with Crippen LogP contribution in [0, 0.1) is 0 Å². The molecule has 0 amide bonds. The molecule has 0 saturated carbocycles. The fraction of sp³-hybridized carbons (Fsp3) is 0.500. The van der Waals surface area contributed by atoms with E-state index in [2.05, 4.69) is 48.4 Å². The minimum atomic E-state index is 0.494. The minimum absolute atomic E-state index is 0.494. The maximum absolute atomic E-state index is 5.75. The maximum atomic E-state index is 5.75. The van der Waals surface area contributed by atoms with Crippen LogP contribution in [-0.4, -0.2) is 12.5 Å². The Hall–Kier alpha value is -1.51. The van der Waals surface area contributed by atoms with Crippen molar-refractivity contribution in [2.24, 2.45) is 10.7 Å². The Labute approximate surface area is 104 Å². The number of nitrogens with two attached hydrogens (primary N) is 1. The Morgan fingerprint density at radius 2 is 1.88 bits per heavy atom. The fourth-order valence-corrected chi connectivity index (χ4v) is 1.56.